The number of benzene rings is 2. The maximum absolute atomic E-state index is 12.5. The van der Waals surface area contributed by atoms with Gasteiger partial charge in [0.05, 0.1) is 14.2 Å². The smallest absolute Gasteiger partial charge is 0.441 e. The van der Waals surface area contributed by atoms with E-state index in [1.54, 1.807) is 28.8 Å². The van der Waals surface area contributed by atoms with E-state index >= 15 is 0 Å². The average Bonchev–Trinajstić information content (AvgIpc) is 2.90. The number of hydrogen-bond donors (Lipinski definition) is 2. The van der Waals surface area contributed by atoms with Crippen molar-refractivity contribution < 1.29 is 18.9 Å². The van der Waals surface area contributed by atoms with Gasteiger partial charge in [0.1, 0.15) is 11.0 Å². The topological polar surface area (TPSA) is 75.1 Å². The summed E-state index contributed by atoms with van der Waals surface area (Å²) in [5, 5.41) is 2.59. The van der Waals surface area contributed by atoms with Crippen LogP contribution in [-0.4, -0.2) is 24.0 Å². The van der Waals surface area contributed by atoms with Crippen molar-refractivity contribution in [2.75, 3.05) is 12.4 Å². The summed E-state index contributed by atoms with van der Waals surface area (Å²) < 4.78 is 6.37. The lowest BCUT2D eigenvalue weighted by atomic mass is 10.0. The second kappa shape index (κ2) is 5.92. The fraction of sp³-hybridized carbons (Fsp3) is 0.118. The highest BCUT2D eigenvalue weighted by molar-refractivity contribution is 6.10. The summed E-state index contributed by atoms with van der Waals surface area (Å²) in [6.07, 6.45) is -0.562. The Kier molecular flexibility index (Phi) is 3.80. The third kappa shape index (κ3) is 2.78. The number of nitrogens with one attached hydrogen (secondary N) is 2. The van der Waals surface area contributed by atoms with Gasteiger partial charge >= 0.3 is 12.0 Å². The zero-order valence-electron chi connectivity index (χ0n) is 12.8. The van der Waals surface area contributed by atoms with E-state index in [0.717, 1.165) is 11.0 Å². The fourth-order valence-electron chi connectivity index (χ4n) is 2.42. The summed E-state index contributed by atoms with van der Waals surface area (Å²) in [6, 6.07) is 14.5. The summed E-state index contributed by atoms with van der Waals surface area (Å²) in [7, 11) is 3.11. The predicted molar refractivity (Wildman–Crippen MR) is 85.4 cm³/mol. The second-order valence-electron chi connectivity index (χ2n) is 5.08. The number of ketones is 1. The molecular formula is C17H16N3O3+. The minimum atomic E-state index is -0.562. The number of nitrogens with zero attached hydrogens (tertiary/aromatic N) is 1. The minimum Gasteiger partial charge on any atom is -0.441 e. The normalized spacial score (nSPS) is 10.5. The number of amides is 1. The molecule has 0 aliphatic rings. The van der Waals surface area contributed by atoms with Crippen molar-refractivity contribution in [2.45, 2.75) is 0 Å². The van der Waals surface area contributed by atoms with E-state index in [1.807, 2.05) is 31.3 Å². The van der Waals surface area contributed by atoms with Crippen LogP contribution in [0, 0.1) is 0 Å². The molecule has 0 unspecified atom stereocenters. The number of aromatic nitrogens is 2. The molecule has 1 heterocycles. The Labute approximate surface area is 132 Å². The van der Waals surface area contributed by atoms with E-state index in [1.165, 1.54) is 7.11 Å². The molecule has 0 spiro atoms. The Morgan fingerprint density at radius 2 is 1.83 bits per heavy atom. The first-order valence-electron chi connectivity index (χ1n) is 7.06. The lowest BCUT2D eigenvalue weighted by molar-refractivity contribution is -0.629. The maximum atomic E-state index is 12.5. The van der Waals surface area contributed by atoms with Crippen LogP contribution in [-0.2, 0) is 11.8 Å². The van der Waals surface area contributed by atoms with Crippen LogP contribution in [0.5, 0.6) is 0 Å². The minimum absolute atomic E-state index is 0.0489. The van der Waals surface area contributed by atoms with Crippen LogP contribution in [0.25, 0.3) is 11.0 Å². The van der Waals surface area contributed by atoms with Gasteiger partial charge in [-0.25, -0.2) is 14.3 Å². The third-order valence-corrected chi connectivity index (χ3v) is 3.65. The van der Waals surface area contributed by atoms with Crippen LogP contribution in [0.4, 0.5) is 10.7 Å². The van der Waals surface area contributed by atoms with Crippen molar-refractivity contribution >= 4 is 28.9 Å². The lowest BCUT2D eigenvalue weighted by Gasteiger charge is -2.00. The van der Waals surface area contributed by atoms with E-state index in [9.17, 15) is 9.59 Å². The van der Waals surface area contributed by atoms with E-state index in [0.29, 0.717) is 17.1 Å². The number of aromatic amines is 1. The summed E-state index contributed by atoms with van der Waals surface area (Å²) in [6.45, 7) is 0. The molecule has 0 fully saturated rings. The quantitative estimate of drug-likeness (QED) is 0.576. The van der Waals surface area contributed by atoms with Crippen molar-refractivity contribution in [1.29, 1.82) is 0 Å². The van der Waals surface area contributed by atoms with E-state index in [4.69, 9.17) is 0 Å². The molecule has 0 saturated carbocycles. The fourth-order valence-corrected chi connectivity index (χ4v) is 2.42. The van der Waals surface area contributed by atoms with Gasteiger partial charge in [0.2, 0.25) is 0 Å². The molecule has 3 aromatic rings. The standard InChI is InChI=1S/C17H15N3O3/c1-20-14-9-8-12(15(21)11-6-4-3-5-7-11)10-13(14)18-16(20)19-17(22)23-2/h3-10H,1-2H3,(H,18,19,22)/p+1. The molecule has 2 aromatic carbocycles. The number of imidazole rings is 1. The van der Waals surface area contributed by atoms with Crippen LogP contribution >= 0.6 is 0 Å². The van der Waals surface area contributed by atoms with Crippen LogP contribution < -0.4 is 9.88 Å². The molecule has 0 aliphatic heterocycles. The number of rotatable bonds is 3. The molecule has 2 N–H and O–H groups in total. The van der Waals surface area contributed by atoms with Crippen molar-refractivity contribution in [3.05, 3.63) is 59.7 Å². The van der Waals surface area contributed by atoms with Crippen molar-refractivity contribution in [1.82, 2.24) is 4.98 Å². The number of anilines is 1. The highest BCUT2D eigenvalue weighted by Gasteiger charge is 2.19. The molecule has 1 amide bonds. The van der Waals surface area contributed by atoms with Crippen LogP contribution in [0.1, 0.15) is 15.9 Å². The van der Waals surface area contributed by atoms with Crippen molar-refractivity contribution in [2.24, 2.45) is 7.05 Å². The Morgan fingerprint density at radius 1 is 1.09 bits per heavy atom. The molecule has 0 saturated heterocycles. The number of hydrogen-bond acceptors (Lipinski definition) is 3. The molecule has 0 atom stereocenters. The van der Waals surface area contributed by atoms with Gasteiger partial charge < -0.3 is 4.74 Å². The van der Waals surface area contributed by atoms with E-state index in [2.05, 4.69) is 15.0 Å². The van der Waals surface area contributed by atoms with Crippen molar-refractivity contribution in [3.8, 4) is 0 Å². The lowest BCUT2D eigenvalue weighted by Crippen LogP contribution is -2.32. The van der Waals surface area contributed by atoms with Gasteiger partial charge in [-0.15, -0.1) is 0 Å². The van der Waals surface area contributed by atoms with Gasteiger partial charge in [-0.1, -0.05) is 30.3 Å². The molecule has 1 aromatic heterocycles. The molecule has 23 heavy (non-hydrogen) atoms. The number of ether oxygens (including phenoxy) is 1. The summed E-state index contributed by atoms with van der Waals surface area (Å²) in [5.74, 6) is 0.434. The molecular weight excluding hydrogens is 294 g/mol. The van der Waals surface area contributed by atoms with Gasteiger partial charge in [-0.3, -0.25) is 4.79 Å². The molecule has 116 valence electrons. The molecule has 0 radical (unpaired) electrons. The van der Waals surface area contributed by atoms with Crippen molar-refractivity contribution in [3.63, 3.8) is 0 Å². The number of fused-ring (bicyclic) bond motifs is 1. The van der Waals surface area contributed by atoms with Gasteiger partial charge in [-0.2, -0.15) is 5.32 Å². The number of methoxy groups -OCH3 is 1. The highest BCUT2D eigenvalue weighted by atomic mass is 16.5. The van der Waals surface area contributed by atoms with Gasteiger partial charge in [0.25, 0.3) is 0 Å². The Hall–Kier alpha value is -3.15. The zero-order chi connectivity index (χ0) is 16.4. The third-order valence-electron chi connectivity index (χ3n) is 3.65. The van der Waals surface area contributed by atoms with Gasteiger partial charge in [0.15, 0.2) is 5.78 Å². The predicted octanol–water partition coefficient (Wildman–Crippen LogP) is 2.40. The Balaban J connectivity index is 1.99. The van der Waals surface area contributed by atoms with Gasteiger partial charge in [-0.05, 0) is 18.2 Å². The molecule has 6 nitrogen and oxygen atoms in total. The number of carbonyl (C=O) groups excluding carboxylic acids is 2. The van der Waals surface area contributed by atoms with Crippen LogP contribution in [0.3, 0.4) is 0 Å². The Morgan fingerprint density at radius 3 is 2.52 bits per heavy atom. The SMILES string of the molecule is COC(=O)Nc1[nH]c2cc(C(=O)c3ccccc3)ccc2[n+]1C. The average molecular weight is 310 g/mol. The summed E-state index contributed by atoms with van der Waals surface area (Å²) in [4.78, 5) is 26.9. The molecule has 3 rings (SSSR count). The number of carbonyl (C=O) groups is 2. The summed E-state index contributed by atoms with van der Waals surface area (Å²) in [5.41, 5.74) is 2.83. The highest BCUT2D eigenvalue weighted by Crippen LogP contribution is 2.17. The van der Waals surface area contributed by atoms with Crippen LogP contribution in [0.2, 0.25) is 0 Å². The first kappa shape index (κ1) is 14.8. The summed E-state index contributed by atoms with van der Waals surface area (Å²) >= 11 is 0. The maximum Gasteiger partial charge on any atom is 0.476 e. The molecule has 6 heteroatoms. The first-order valence-corrected chi connectivity index (χ1v) is 7.06. The zero-order valence-corrected chi connectivity index (χ0v) is 12.8. The van der Waals surface area contributed by atoms with E-state index in [-0.39, 0.29) is 5.78 Å². The number of aryl methyl sites for hydroxylation is 1. The van der Waals surface area contributed by atoms with Gasteiger partial charge in [0, 0.05) is 11.1 Å². The first-order chi connectivity index (χ1) is 11.1. The second-order valence-corrected chi connectivity index (χ2v) is 5.08. The molecule has 0 aliphatic carbocycles. The Bertz CT molecular complexity index is 885. The molecule has 0 bridgehead atoms. The largest absolute Gasteiger partial charge is 0.476 e. The number of H-pyrrole nitrogens is 1. The van der Waals surface area contributed by atoms with Crippen LogP contribution in [0.15, 0.2) is 48.5 Å². The van der Waals surface area contributed by atoms with E-state index < -0.39 is 6.09 Å². The monoisotopic (exact) mass is 310 g/mol.